The van der Waals surface area contributed by atoms with Gasteiger partial charge in [0.1, 0.15) is 0 Å². The molecule has 114 valence electrons. The van der Waals surface area contributed by atoms with Crippen molar-refractivity contribution in [2.75, 3.05) is 0 Å². The molecule has 1 N–H and O–H groups in total. The topological polar surface area (TPSA) is 102 Å². The average molecular weight is 319 g/mol. The molecular weight excluding hydrogens is 306 g/mol. The first kappa shape index (κ1) is 15.6. The lowest BCUT2D eigenvalue weighted by Crippen LogP contribution is -2.19. The molecule has 0 fully saturated rings. The van der Waals surface area contributed by atoms with E-state index < -0.39 is 14.9 Å². The fourth-order valence-corrected chi connectivity index (χ4v) is 2.53. The van der Waals surface area contributed by atoms with Crippen molar-refractivity contribution in [3.05, 3.63) is 70.3 Å². The van der Waals surface area contributed by atoms with E-state index in [1.807, 2.05) is 18.2 Å². The van der Waals surface area contributed by atoms with Crippen LogP contribution in [0.25, 0.3) is 0 Å². The Morgan fingerprint density at radius 1 is 1.09 bits per heavy atom. The summed E-state index contributed by atoms with van der Waals surface area (Å²) in [6.07, 6.45) is 0. The smallest absolute Gasteiger partial charge is 0.258 e. The van der Waals surface area contributed by atoms with Crippen LogP contribution in [-0.4, -0.2) is 19.1 Å². The molecule has 0 atom stereocenters. The zero-order valence-electron chi connectivity index (χ0n) is 11.6. The normalized spacial score (nSPS) is 12.0. The maximum atomic E-state index is 12.1. The number of non-ortho nitro benzene ring substituents is 1. The van der Waals surface area contributed by atoms with Gasteiger partial charge in [0, 0.05) is 12.1 Å². The fourth-order valence-electron chi connectivity index (χ4n) is 1.67. The standard InChI is InChI=1S/C14H13N3O4S/c1-11(12-5-3-2-4-6-12)15-16-22(20,21)14-9-7-13(8-10-14)17(18)19/h2-10,16H,1H3/b15-11+. The third kappa shape index (κ3) is 3.67. The number of rotatable bonds is 5. The summed E-state index contributed by atoms with van der Waals surface area (Å²) in [4.78, 5) is 12.0. The quantitative estimate of drug-likeness (QED) is 0.519. The predicted octanol–water partition coefficient (Wildman–Crippen LogP) is 2.30. The number of nitrogens with one attached hydrogen (secondary N) is 1. The van der Waals surface area contributed by atoms with Crippen molar-refractivity contribution < 1.29 is 13.3 Å². The van der Waals surface area contributed by atoms with E-state index in [0.717, 1.165) is 29.8 Å². The zero-order valence-corrected chi connectivity index (χ0v) is 12.4. The van der Waals surface area contributed by atoms with Crippen molar-refractivity contribution in [3.63, 3.8) is 0 Å². The molecular formula is C14H13N3O4S. The Bertz CT molecular complexity index is 800. The van der Waals surface area contributed by atoms with Crippen LogP contribution in [0.3, 0.4) is 0 Å². The van der Waals surface area contributed by atoms with E-state index in [1.165, 1.54) is 0 Å². The van der Waals surface area contributed by atoms with E-state index in [2.05, 4.69) is 9.93 Å². The summed E-state index contributed by atoms with van der Waals surface area (Å²) in [5.74, 6) is 0. The fraction of sp³-hybridized carbons (Fsp3) is 0.0714. The highest BCUT2D eigenvalue weighted by atomic mass is 32.2. The molecule has 0 radical (unpaired) electrons. The van der Waals surface area contributed by atoms with Gasteiger partial charge in [0.25, 0.3) is 15.7 Å². The number of nitro groups is 1. The molecule has 0 aliphatic heterocycles. The number of hydrogen-bond acceptors (Lipinski definition) is 5. The van der Waals surface area contributed by atoms with Crippen LogP contribution in [0.1, 0.15) is 12.5 Å². The van der Waals surface area contributed by atoms with Crippen LogP contribution >= 0.6 is 0 Å². The second-order valence-corrected chi connectivity index (χ2v) is 6.07. The van der Waals surface area contributed by atoms with Gasteiger partial charge in [-0.1, -0.05) is 30.3 Å². The van der Waals surface area contributed by atoms with Gasteiger partial charge in [-0.15, -0.1) is 0 Å². The molecule has 0 bridgehead atoms. The molecule has 0 unspecified atom stereocenters. The summed E-state index contributed by atoms with van der Waals surface area (Å²) in [6, 6.07) is 13.7. The summed E-state index contributed by atoms with van der Waals surface area (Å²) in [6.45, 7) is 1.67. The molecule has 2 aromatic rings. The van der Waals surface area contributed by atoms with Gasteiger partial charge in [-0.3, -0.25) is 10.1 Å². The van der Waals surface area contributed by atoms with Gasteiger partial charge < -0.3 is 0 Å². The number of hydrazone groups is 1. The average Bonchev–Trinajstić information content (AvgIpc) is 2.53. The van der Waals surface area contributed by atoms with Crippen molar-refractivity contribution in [2.45, 2.75) is 11.8 Å². The minimum absolute atomic E-state index is 0.0947. The highest BCUT2D eigenvalue weighted by molar-refractivity contribution is 7.89. The number of sulfonamides is 1. The van der Waals surface area contributed by atoms with E-state index in [4.69, 9.17) is 0 Å². The van der Waals surface area contributed by atoms with Crippen molar-refractivity contribution >= 4 is 21.4 Å². The van der Waals surface area contributed by atoms with Crippen molar-refractivity contribution in [3.8, 4) is 0 Å². The summed E-state index contributed by atoms with van der Waals surface area (Å²) >= 11 is 0. The van der Waals surface area contributed by atoms with Crippen LogP contribution in [0.15, 0.2) is 64.6 Å². The van der Waals surface area contributed by atoms with Crippen molar-refractivity contribution in [1.82, 2.24) is 4.83 Å². The van der Waals surface area contributed by atoms with Crippen LogP contribution in [0.5, 0.6) is 0 Å². The highest BCUT2D eigenvalue weighted by Gasteiger charge is 2.15. The molecule has 8 heteroatoms. The number of hydrogen-bond donors (Lipinski definition) is 1. The van der Waals surface area contributed by atoms with E-state index >= 15 is 0 Å². The Hall–Kier alpha value is -2.74. The first-order valence-corrected chi connectivity index (χ1v) is 7.74. The van der Waals surface area contributed by atoms with E-state index in [-0.39, 0.29) is 10.6 Å². The number of nitro benzene ring substituents is 1. The first-order chi connectivity index (χ1) is 10.4. The Labute approximate surface area is 127 Å². The second-order valence-electron chi connectivity index (χ2n) is 4.41. The lowest BCUT2D eigenvalue weighted by molar-refractivity contribution is -0.384. The maximum Gasteiger partial charge on any atom is 0.276 e. The molecule has 2 aromatic carbocycles. The third-order valence-corrected chi connectivity index (χ3v) is 4.11. The molecule has 0 spiro atoms. The Kier molecular flexibility index (Phi) is 4.52. The van der Waals surface area contributed by atoms with E-state index in [1.54, 1.807) is 19.1 Å². The third-order valence-electron chi connectivity index (χ3n) is 2.88. The van der Waals surface area contributed by atoms with Crippen LogP contribution in [0.2, 0.25) is 0 Å². The predicted molar refractivity (Wildman–Crippen MR) is 82.1 cm³/mol. The number of nitrogens with zero attached hydrogens (tertiary/aromatic N) is 2. The first-order valence-electron chi connectivity index (χ1n) is 6.26. The van der Waals surface area contributed by atoms with Crippen molar-refractivity contribution in [1.29, 1.82) is 0 Å². The lowest BCUT2D eigenvalue weighted by atomic mass is 10.1. The van der Waals surface area contributed by atoms with Gasteiger partial charge in [-0.05, 0) is 24.6 Å². The molecule has 0 aromatic heterocycles. The highest BCUT2D eigenvalue weighted by Crippen LogP contribution is 2.15. The minimum atomic E-state index is -3.87. The van der Waals surface area contributed by atoms with Gasteiger partial charge in [0.15, 0.2) is 0 Å². The van der Waals surface area contributed by atoms with Crippen LogP contribution < -0.4 is 4.83 Å². The zero-order chi connectivity index (χ0) is 16.2. The Balaban J connectivity index is 2.19. The Morgan fingerprint density at radius 2 is 1.68 bits per heavy atom. The van der Waals surface area contributed by atoms with Crippen LogP contribution in [0, 0.1) is 10.1 Å². The molecule has 22 heavy (non-hydrogen) atoms. The van der Waals surface area contributed by atoms with Gasteiger partial charge in [0.05, 0.1) is 15.5 Å². The largest absolute Gasteiger partial charge is 0.276 e. The molecule has 2 rings (SSSR count). The van der Waals surface area contributed by atoms with Crippen LogP contribution in [-0.2, 0) is 10.0 Å². The lowest BCUT2D eigenvalue weighted by Gasteiger charge is -2.05. The summed E-state index contributed by atoms with van der Waals surface area (Å²) in [5.41, 5.74) is 1.11. The minimum Gasteiger partial charge on any atom is -0.258 e. The summed E-state index contributed by atoms with van der Waals surface area (Å²) in [5, 5.41) is 14.4. The summed E-state index contributed by atoms with van der Waals surface area (Å²) in [7, 11) is -3.87. The van der Waals surface area contributed by atoms with Gasteiger partial charge in [0.2, 0.25) is 0 Å². The Morgan fingerprint density at radius 3 is 2.23 bits per heavy atom. The van der Waals surface area contributed by atoms with Gasteiger partial charge in [-0.2, -0.15) is 18.4 Å². The molecule has 7 nitrogen and oxygen atoms in total. The maximum absolute atomic E-state index is 12.1. The molecule has 0 amide bonds. The molecule has 0 heterocycles. The monoisotopic (exact) mass is 319 g/mol. The van der Waals surface area contributed by atoms with Crippen LogP contribution in [0.4, 0.5) is 5.69 Å². The number of benzene rings is 2. The molecule has 0 aliphatic carbocycles. The van der Waals surface area contributed by atoms with Crippen molar-refractivity contribution in [2.24, 2.45) is 5.10 Å². The van der Waals surface area contributed by atoms with Gasteiger partial charge >= 0.3 is 0 Å². The second kappa shape index (κ2) is 6.35. The molecule has 0 saturated carbocycles. The van der Waals surface area contributed by atoms with Gasteiger partial charge in [-0.25, -0.2) is 0 Å². The molecule has 0 saturated heterocycles. The van der Waals surface area contributed by atoms with E-state index in [0.29, 0.717) is 5.71 Å². The SMILES string of the molecule is C/C(=N\NS(=O)(=O)c1ccc([N+](=O)[O-])cc1)c1ccccc1. The van der Waals surface area contributed by atoms with E-state index in [9.17, 15) is 18.5 Å². The molecule has 0 aliphatic rings. The summed E-state index contributed by atoms with van der Waals surface area (Å²) < 4.78 is 24.1.